The molecule has 2 N–H and O–H groups in total. The molecule has 0 atom stereocenters. The molecule has 0 saturated heterocycles. The number of sulfone groups is 1. The number of carbonyl (C=O) groups excluding carboxylic acids is 3. The minimum Gasteiger partial charge on any atom is -0.366 e. The largest absolute Gasteiger partial charge is 0.435 e. The molecule has 2 amide bonds. The third kappa shape index (κ3) is 4.99. The third-order valence-electron chi connectivity index (χ3n) is 6.71. The van der Waals surface area contributed by atoms with Gasteiger partial charge in [-0.15, -0.1) is 0 Å². The van der Waals surface area contributed by atoms with Gasteiger partial charge in [0, 0.05) is 35.2 Å². The SMILES string of the molecule is CS(=O)(=O)c1ccccc1-c1ccc(N2CCc3c(C(F)(F)F)nn(-c4ccc(C=O)cc4C(N)=O)c3C2=O)cc1. The summed E-state index contributed by atoms with van der Waals surface area (Å²) >= 11 is 0. The van der Waals surface area contributed by atoms with Gasteiger partial charge in [-0.2, -0.15) is 18.3 Å². The molecule has 9 nitrogen and oxygen atoms in total. The van der Waals surface area contributed by atoms with Crippen LogP contribution in [0.3, 0.4) is 0 Å². The number of anilines is 1. The summed E-state index contributed by atoms with van der Waals surface area (Å²) in [5.74, 6) is -1.82. The number of amides is 2. The highest BCUT2D eigenvalue weighted by molar-refractivity contribution is 7.90. The maximum Gasteiger partial charge on any atom is 0.435 e. The highest BCUT2D eigenvalue weighted by atomic mass is 32.2. The van der Waals surface area contributed by atoms with Crippen molar-refractivity contribution in [1.29, 1.82) is 0 Å². The minimum absolute atomic E-state index is 0.0603. The van der Waals surface area contributed by atoms with Gasteiger partial charge in [0.2, 0.25) is 0 Å². The summed E-state index contributed by atoms with van der Waals surface area (Å²) in [6.45, 7) is -0.0906. The zero-order valence-corrected chi connectivity index (χ0v) is 22.2. The fourth-order valence-electron chi connectivity index (χ4n) is 4.87. The van der Waals surface area contributed by atoms with Crippen molar-refractivity contribution in [3.05, 3.63) is 94.8 Å². The Balaban J connectivity index is 1.60. The predicted molar refractivity (Wildman–Crippen MR) is 143 cm³/mol. The van der Waals surface area contributed by atoms with Crippen molar-refractivity contribution in [2.24, 2.45) is 5.73 Å². The second kappa shape index (κ2) is 10.0. The Hall–Kier alpha value is -4.78. The maximum absolute atomic E-state index is 14.0. The van der Waals surface area contributed by atoms with E-state index in [4.69, 9.17) is 5.73 Å². The van der Waals surface area contributed by atoms with Gasteiger partial charge in [0.1, 0.15) is 12.0 Å². The molecule has 3 aromatic carbocycles. The summed E-state index contributed by atoms with van der Waals surface area (Å²) in [5, 5.41) is 3.69. The Morgan fingerprint density at radius 3 is 2.34 bits per heavy atom. The van der Waals surface area contributed by atoms with Crippen molar-refractivity contribution < 1.29 is 36.0 Å². The molecule has 0 saturated carbocycles. The van der Waals surface area contributed by atoms with Crippen LogP contribution < -0.4 is 10.6 Å². The van der Waals surface area contributed by atoms with E-state index in [2.05, 4.69) is 5.10 Å². The number of nitrogens with two attached hydrogens (primary N) is 1. The monoisotopic (exact) mass is 582 g/mol. The van der Waals surface area contributed by atoms with E-state index >= 15 is 0 Å². The van der Waals surface area contributed by atoms with Gasteiger partial charge in [-0.1, -0.05) is 30.3 Å². The molecule has 13 heteroatoms. The number of benzene rings is 3. The molecule has 41 heavy (non-hydrogen) atoms. The van der Waals surface area contributed by atoms with Crippen LogP contribution in [0, 0.1) is 0 Å². The predicted octanol–water partition coefficient (Wildman–Crippen LogP) is 4.08. The molecule has 2 heterocycles. The topological polar surface area (TPSA) is 132 Å². The van der Waals surface area contributed by atoms with Crippen molar-refractivity contribution in [2.45, 2.75) is 17.5 Å². The van der Waals surface area contributed by atoms with Crippen LogP contribution in [0.1, 0.15) is 42.5 Å². The number of aldehydes is 1. The molecule has 5 rings (SSSR count). The Morgan fingerprint density at radius 2 is 1.73 bits per heavy atom. The summed E-state index contributed by atoms with van der Waals surface area (Å²) in [4.78, 5) is 38.5. The van der Waals surface area contributed by atoms with E-state index in [1.165, 1.54) is 23.1 Å². The van der Waals surface area contributed by atoms with Gasteiger partial charge in [0.05, 0.1) is 16.1 Å². The smallest absolute Gasteiger partial charge is 0.366 e. The molecule has 4 aromatic rings. The Kier molecular flexibility index (Phi) is 6.77. The second-order valence-electron chi connectivity index (χ2n) is 9.37. The lowest BCUT2D eigenvalue weighted by Crippen LogP contribution is -2.39. The standard InChI is InChI=1S/C28H21F3N4O5S/c1-41(39,40)23-5-3-2-4-19(23)17-7-9-18(10-8-17)34-13-12-20-24(27(34)38)35(33-25(20)28(29,30)31)22-11-6-16(15-36)14-21(22)26(32)37/h2-11,14-15H,12-13H2,1H3,(H2,32,37). The van der Waals surface area contributed by atoms with E-state index in [0.29, 0.717) is 23.1 Å². The number of rotatable bonds is 6. The fourth-order valence-corrected chi connectivity index (χ4v) is 5.78. The summed E-state index contributed by atoms with van der Waals surface area (Å²) < 4.78 is 67.1. The van der Waals surface area contributed by atoms with Crippen LogP contribution >= 0.6 is 0 Å². The van der Waals surface area contributed by atoms with E-state index in [1.54, 1.807) is 42.5 Å². The number of aromatic nitrogens is 2. The van der Waals surface area contributed by atoms with Gasteiger partial charge in [-0.05, 0) is 48.4 Å². The number of primary amides is 1. The van der Waals surface area contributed by atoms with E-state index in [0.717, 1.165) is 17.0 Å². The molecule has 210 valence electrons. The first-order chi connectivity index (χ1) is 19.3. The highest BCUT2D eigenvalue weighted by Crippen LogP contribution is 2.38. The van der Waals surface area contributed by atoms with Crippen molar-refractivity contribution in [3.63, 3.8) is 0 Å². The van der Waals surface area contributed by atoms with E-state index < -0.39 is 39.2 Å². The van der Waals surface area contributed by atoms with E-state index in [1.807, 2.05) is 0 Å². The molecule has 0 unspecified atom stereocenters. The quantitative estimate of drug-likeness (QED) is 0.341. The molecule has 1 aliphatic rings. The first kappa shape index (κ1) is 27.8. The van der Waals surface area contributed by atoms with Crippen LogP contribution in [0.25, 0.3) is 16.8 Å². The zero-order valence-electron chi connectivity index (χ0n) is 21.3. The molecule has 1 aliphatic heterocycles. The number of nitrogens with zero attached hydrogens (tertiary/aromatic N) is 3. The Labute approximate surface area is 231 Å². The van der Waals surface area contributed by atoms with Crippen LogP contribution in [0.5, 0.6) is 0 Å². The van der Waals surface area contributed by atoms with Gasteiger partial charge in [0.15, 0.2) is 15.5 Å². The van der Waals surface area contributed by atoms with Crippen molar-refractivity contribution in [1.82, 2.24) is 9.78 Å². The number of fused-ring (bicyclic) bond motifs is 1. The van der Waals surface area contributed by atoms with Crippen molar-refractivity contribution in [3.8, 4) is 16.8 Å². The number of hydrogen-bond acceptors (Lipinski definition) is 6. The fraction of sp³-hybridized carbons (Fsp3) is 0.143. The third-order valence-corrected chi connectivity index (χ3v) is 7.87. The van der Waals surface area contributed by atoms with Crippen LogP contribution in [-0.2, 0) is 22.4 Å². The van der Waals surface area contributed by atoms with Crippen LogP contribution in [-0.4, -0.2) is 49.1 Å². The first-order valence-electron chi connectivity index (χ1n) is 12.1. The van der Waals surface area contributed by atoms with Gasteiger partial charge in [-0.25, -0.2) is 13.1 Å². The maximum atomic E-state index is 14.0. The summed E-state index contributed by atoms with van der Waals surface area (Å²) in [5.41, 5.74) is 4.43. The average Bonchev–Trinajstić information content (AvgIpc) is 3.34. The van der Waals surface area contributed by atoms with E-state index in [-0.39, 0.29) is 40.2 Å². The van der Waals surface area contributed by atoms with Crippen molar-refractivity contribution >= 4 is 33.6 Å². The molecular weight excluding hydrogens is 561 g/mol. The lowest BCUT2D eigenvalue weighted by molar-refractivity contribution is -0.141. The summed E-state index contributed by atoms with van der Waals surface area (Å²) in [6.07, 6.45) is -3.53. The molecule has 1 aromatic heterocycles. The number of alkyl halides is 3. The Morgan fingerprint density at radius 1 is 1.05 bits per heavy atom. The average molecular weight is 583 g/mol. The zero-order chi connectivity index (χ0) is 29.7. The molecule has 0 radical (unpaired) electrons. The van der Waals surface area contributed by atoms with Crippen LogP contribution in [0.15, 0.2) is 71.6 Å². The van der Waals surface area contributed by atoms with Crippen LogP contribution in [0.2, 0.25) is 0 Å². The Bertz CT molecular complexity index is 1830. The lowest BCUT2D eigenvalue weighted by atomic mass is 10.0. The van der Waals surface area contributed by atoms with E-state index in [9.17, 15) is 36.0 Å². The number of hydrogen-bond donors (Lipinski definition) is 1. The molecule has 0 aliphatic carbocycles. The van der Waals surface area contributed by atoms with Crippen molar-refractivity contribution in [2.75, 3.05) is 17.7 Å². The lowest BCUT2D eigenvalue weighted by Gasteiger charge is -2.28. The first-order valence-corrected chi connectivity index (χ1v) is 14.0. The second-order valence-corrected chi connectivity index (χ2v) is 11.4. The normalized spacial score (nSPS) is 13.7. The molecular formula is C28H21F3N4O5S. The highest BCUT2D eigenvalue weighted by Gasteiger charge is 2.43. The summed E-state index contributed by atoms with van der Waals surface area (Å²) in [6, 6.07) is 16.4. The van der Waals surface area contributed by atoms with Gasteiger partial charge < -0.3 is 10.6 Å². The summed E-state index contributed by atoms with van der Waals surface area (Å²) in [7, 11) is -3.53. The number of carbonyl (C=O) groups is 3. The van der Waals surface area contributed by atoms with Crippen LogP contribution in [0.4, 0.5) is 18.9 Å². The molecule has 0 fully saturated rings. The van der Waals surface area contributed by atoms with Gasteiger partial charge in [-0.3, -0.25) is 14.4 Å². The van der Waals surface area contributed by atoms with Gasteiger partial charge in [0.25, 0.3) is 11.8 Å². The minimum atomic E-state index is -4.89. The van der Waals surface area contributed by atoms with Gasteiger partial charge >= 0.3 is 6.18 Å². The molecule has 0 spiro atoms. The molecule has 0 bridgehead atoms. The number of halogens is 3.